The van der Waals surface area contributed by atoms with E-state index in [1.54, 1.807) is 0 Å². The van der Waals surface area contributed by atoms with Gasteiger partial charge in [0.15, 0.2) is 0 Å². The van der Waals surface area contributed by atoms with E-state index in [1.807, 2.05) is 0 Å². The van der Waals surface area contributed by atoms with Gasteiger partial charge in [0.2, 0.25) is 0 Å². The zero-order chi connectivity index (χ0) is 12.5. The maximum absolute atomic E-state index is 13.3. The largest absolute Gasteiger partial charge is 0.496 e. The lowest BCUT2D eigenvalue weighted by molar-refractivity contribution is -0.167. The lowest BCUT2D eigenvalue weighted by Gasteiger charge is -2.16. The van der Waals surface area contributed by atoms with Crippen LogP contribution in [0.4, 0.5) is 13.2 Å². The second kappa shape index (κ2) is 4.03. The molecule has 0 aromatic heterocycles. The molecule has 0 bridgehead atoms. The van der Waals surface area contributed by atoms with Crippen LogP contribution in [0.3, 0.4) is 0 Å². The minimum Gasteiger partial charge on any atom is -0.496 e. The quantitative estimate of drug-likeness (QED) is 0.872. The number of rotatable bonds is 3. The van der Waals surface area contributed by atoms with Crippen molar-refractivity contribution in [3.05, 3.63) is 29.1 Å². The topological polar surface area (TPSA) is 46.5 Å². The predicted octanol–water partition coefficient (Wildman–Crippen LogP) is 2.32. The van der Waals surface area contributed by atoms with Crippen molar-refractivity contribution in [3.8, 4) is 5.75 Å². The van der Waals surface area contributed by atoms with Gasteiger partial charge in [-0.3, -0.25) is 0 Å². The van der Waals surface area contributed by atoms with Crippen molar-refractivity contribution < 1.29 is 27.8 Å². The minimum atomic E-state index is -4.32. The maximum Gasteiger partial charge on any atom is 0.379 e. The van der Waals surface area contributed by atoms with Crippen LogP contribution in [0, 0.1) is 12.7 Å². The summed E-state index contributed by atoms with van der Waals surface area (Å²) in [7, 11) is 1.07. The Labute approximate surface area is 89.5 Å². The van der Waals surface area contributed by atoms with Crippen molar-refractivity contribution >= 4 is 5.97 Å². The number of hydrogen-bond acceptors (Lipinski definition) is 2. The molecule has 0 saturated heterocycles. The fourth-order valence-electron chi connectivity index (χ4n) is 1.28. The van der Waals surface area contributed by atoms with Crippen LogP contribution in [0.5, 0.6) is 5.75 Å². The van der Waals surface area contributed by atoms with E-state index in [0.717, 1.165) is 19.2 Å². The van der Waals surface area contributed by atoms with E-state index >= 15 is 0 Å². The number of alkyl halides is 2. The summed E-state index contributed by atoms with van der Waals surface area (Å²) in [6, 6.07) is 1.98. The molecule has 1 rings (SSSR count). The summed E-state index contributed by atoms with van der Waals surface area (Å²) in [5, 5.41) is 8.34. The molecule has 0 amide bonds. The lowest BCUT2D eigenvalue weighted by atomic mass is 10.0. The van der Waals surface area contributed by atoms with Crippen molar-refractivity contribution in [3.63, 3.8) is 0 Å². The first-order valence-electron chi connectivity index (χ1n) is 4.26. The standard InChI is InChI=1S/C10H9F3O3/c1-5-3-6(11)8(7(4-5)16-2)10(12,13)9(14)15/h3-4H,1-2H3,(H,14,15). The maximum atomic E-state index is 13.3. The molecule has 3 nitrogen and oxygen atoms in total. The molecule has 0 aliphatic carbocycles. The number of ether oxygens (including phenoxy) is 1. The highest BCUT2D eigenvalue weighted by atomic mass is 19.3. The Morgan fingerprint density at radius 2 is 2.00 bits per heavy atom. The Balaban J connectivity index is 3.49. The molecule has 0 radical (unpaired) electrons. The molecule has 0 heterocycles. The molecular formula is C10H9F3O3. The molecule has 1 aromatic rings. The van der Waals surface area contributed by atoms with Gasteiger partial charge in [0.05, 0.1) is 7.11 Å². The summed E-state index contributed by atoms with van der Waals surface area (Å²) < 4.78 is 44.3. The summed E-state index contributed by atoms with van der Waals surface area (Å²) in [4.78, 5) is 10.4. The van der Waals surface area contributed by atoms with Crippen molar-refractivity contribution in [1.82, 2.24) is 0 Å². The van der Waals surface area contributed by atoms with Gasteiger partial charge in [-0.1, -0.05) is 0 Å². The normalized spacial score (nSPS) is 11.3. The van der Waals surface area contributed by atoms with Gasteiger partial charge in [-0.25, -0.2) is 9.18 Å². The Morgan fingerprint density at radius 3 is 2.44 bits per heavy atom. The van der Waals surface area contributed by atoms with E-state index in [2.05, 4.69) is 4.74 Å². The van der Waals surface area contributed by atoms with E-state index < -0.39 is 29.0 Å². The van der Waals surface area contributed by atoms with Crippen molar-refractivity contribution in [2.75, 3.05) is 7.11 Å². The predicted molar refractivity (Wildman–Crippen MR) is 49.2 cm³/mol. The van der Waals surface area contributed by atoms with Crippen LogP contribution >= 0.6 is 0 Å². The number of carboxylic acid groups (broad SMARTS) is 1. The average Bonchev–Trinajstić information content (AvgIpc) is 2.15. The molecule has 16 heavy (non-hydrogen) atoms. The third kappa shape index (κ3) is 1.95. The van der Waals surface area contributed by atoms with E-state index in [-0.39, 0.29) is 0 Å². The van der Waals surface area contributed by atoms with Crippen LogP contribution in [0.15, 0.2) is 12.1 Å². The van der Waals surface area contributed by atoms with Crippen LogP contribution in [0.2, 0.25) is 0 Å². The smallest absolute Gasteiger partial charge is 0.379 e. The molecule has 1 N–H and O–H groups in total. The Bertz CT molecular complexity index is 430. The van der Waals surface area contributed by atoms with E-state index in [1.165, 1.54) is 6.92 Å². The molecule has 0 fully saturated rings. The van der Waals surface area contributed by atoms with Gasteiger partial charge in [-0.05, 0) is 24.6 Å². The monoisotopic (exact) mass is 234 g/mol. The second-order valence-corrected chi connectivity index (χ2v) is 3.20. The zero-order valence-electron chi connectivity index (χ0n) is 8.55. The molecule has 0 unspecified atom stereocenters. The van der Waals surface area contributed by atoms with Crippen molar-refractivity contribution in [2.45, 2.75) is 12.8 Å². The van der Waals surface area contributed by atoms with Crippen LogP contribution in [0.25, 0.3) is 0 Å². The van der Waals surface area contributed by atoms with Crippen LogP contribution in [-0.4, -0.2) is 18.2 Å². The minimum absolute atomic E-state index is 0.360. The SMILES string of the molecule is COc1cc(C)cc(F)c1C(F)(F)C(=O)O. The number of carboxylic acids is 1. The van der Waals surface area contributed by atoms with Crippen LogP contribution < -0.4 is 4.74 Å². The Hall–Kier alpha value is -1.72. The summed E-state index contributed by atoms with van der Waals surface area (Å²) >= 11 is 0. The molecule has 0 atom stereocenters. The first-order chi connectivity index (χ1) is 7.30. The van der Waals surface area contributed by atoms with Gasteiger partial charge >= 0.3 is 11.9 Å². The molecule has 88 valence electrons. The molecule has 6 heteroatoms. The molecule has 0 aliphatic heterocycles. The number of hydrogen-bond donors (Lipinski definition) is 1. The highest BCUT2D eigenvalue weighted by molar-refractivity contribution is 5.78. The van der Waals surface area contributed by atoms with Gasteiger partial charge in [0.1, 0.15) is 17.1 Å². The summed E-state index contributed by atoms with van der Waals surface area (Å²) in [6.45, 7) is 1.48. The van der Waals surface area contributed by atoms with Gasteiger partial charge in [-0.15, -0.1) is 0 Å². The number of benzene rings is 1. The van der Waals surface area contributed by atoms with E-state index in [4.69, 9.17) is 5.11 Å². The molecule has 0 saturated carbocycles. The van der Waals surface area contributed by atoms with Gasteiger partial charge in [0.25, 0.3) is 0 Å². The summed E-state index contributed by atoms with van der Waals surface area (Å²) in [6.07, 6.45) is 0. The van der Waals surface area contributed by atoms with E-state index in [0.29, 0.717) is 5.56 Å². The number of aryl methyl sites for hydroxylation is 1. The zero-order valence-corrected chi connectivity index (χ0v) is 8.55. The first kappa shape index (κ1) is 12.4. The van der Waals surface area contributed by atoms with Crippen LogP contribution in [-0.2, 0) is 10.7 Å². The Kier molecular flexibility index (Phi) is 3.11. The fourth-order valence-corrected chi connectivity index (χ4v) is 1.28. The highest BCUT2D eigenvalue weighted by Gasteiger charge is 2.46. The summed E-state index contributed by atoms with van der Waals surface area (Å²) in [5.41, 5.74) is -0.896. The average molecular weight is 234 g/mol. The summed E-state index contributed by atoms with van der Waals surface area (Å²) in [5.74, 6) is -8.52. The third-order valence-electron chi connectivity index (χ3n) is 2.00. The first-order valence-corrected chi connectivity index (χ1v) is 4.26. The number of halogens is 3. The van der Waals surface area contributed by atoms with Crippen molar-refractivity contribution in [2.24, 2.45) is 0 Å². The Morgan fingerprint density at radius 1 is 1.44 bits per heavy atom. The molecule has 1 aromatic carbocycles. The van der Waals surface area contributed by atoms with Gasteiger partial charge in [0, 0.05) is 0 Å². The molecular weight excluding hydrogens is 225 g/mol. The number of carbonyl (C=O) groups is 1. The lowest BCUT2D eigenvalue weighted by Crippen LogP contribution is -2.27. The number of aliphatic carboxylic acids is 1. The fraction of sp³-hybridized carbons (Fsp3) is 0.300. The number of methoxy groups -OCH3 is 1. The van der Waals surface area contributed by atoms with E-state index in [9.17, 15) is 18.0 Å². The second-order valence-electron chi connectivity index (χ2n) is 3.20. The highest BCUT2D eigenvalue weighted by Crippen LogP contribution is 2.37. The molecule has 0 spiro atoms. The molecule has 0 aliphatic rings. The third-order valence-corrected chi connectivity index (χ3v) is 2.00. The van der Waals surface area contributed by atoms with Crippen LogP contribution in [0.1, 0.15) is 11.1 Å². The van der Waals surface area contributed by atoms with Gasteiger partial charge in [-0.2, -0.15) is 8.78 Å². The van der Waals surface area contributed by atoms with Gasteiger partial charge < -0.3 is 9.84 Å². The van der Waals surface area contributed by atoms with Crippen molar-refractivity contribution in [1.29, 1.82) is 0 Å².